The third-order valence-corrected chi connectivity index (χ3v) is 2.21. The largest absolute Gasteiger partial charge is 0.398 e. The molecule has 0 fully saturated rings. The van der Waals surface area contributed by atoms with Crippen LogP contribution in [0.1, 0.15) is 23.4 Å². The molecule has 0 saturated heterocycles. The first-order valence-corrected chi connectivity index (χ1v) is 4.02. The SMILES string of the molecule is Cc1cc(N)c2c(n1)CCC2. The molecule has 1 aromatic rings. The molecule has 0 radical (unpaired) electrons. The van der Waals surface area contributed by atoms with Gasteiger partial charge >= 0.3 is 0 Å². The smallest absolute Gasteiger partial charge is 0.0459 e. The van der Waals surface area contributed by atoms with Crippen LogP contribution < -0.4 is 5.73 Å². The molecule has 1 aromatic heterocycles. The van der Waals surface area contributed by atoms with Crippen LogP contribution >= 0.6 is 0 Å². The first-order chi connectivity index (χ1) is 5.27. The Kier molecular flexibility index (Phi) is 1.34. The zero-order valence-corrected chi connectivity index (χ0v) is 6.72. The molecule has 2 rings (SSSR count). The van der Waals surface area contributed by atoms with E-state index in [1.807, 2.05) is 13.0 Å². The van der Waals surface area contributed by atoms with Gasteiger partial charge in [0.1, 0.15) is 0 Å². The highest BCUT2D eigenvalue weighted by atomic mass is 14.7. The fourth-order valence-electron chi connectivity index (χ4n) is 1.72. The summed E-state index contributed by atoms with van der Waals surface area (Å²) in [7, 11) is 0. The third kappa shape index (κ3) is 0.985. The molecule has 0 spiro atoms. The van der Waals surface area contributed by atoms with Crippen molar-refractivity contribution in [2.75, 3.05) is 5.73 Å². The zero-order valence-electron chi connectivity index (χ0n) is 6.72. The van der Waals surface area contributed by atoms with Crippen LogP contribution in [-0.4, -0.2) is 4.98 Å². The molecule has 11 heavy (non-hydrogen) atoms. The summed E-state index contributed by atoms with van der Waals surface area (Å²) in [6.07, 6.45) is 3.45. The van der Waals surface area contributed by atoms with E-state index in [-0.39, 0.29) is 0 Å². The van der Waals surface area contributed by atoms with E-state index in [9.17, 15) is 0 Å². The number of rotatable bonds is 0. The minimum Gasteiger partial charge on any atom is -0.398 e. The Hall–Kier alpha value is -1.05. The number of hydrogen-bond acceptors (Lipinski definition) is 2. The van der Waals surface area contributed by atoms with E-state index in [1.54, 1.807) is 0 Å². The monoisotopic (exact) mass is 148 g/mol. The first kappa shape index (κ1) is 6.65. The molecule has 2 nitrogen and oxygen atoms in total. The molecule has 1 aliphatic carbocycles. The van der Waals surface area contributed by atoms with Crippen molar-refractivity contribution in [2.24, 2.45) is 0 Å². The Morgan fingerprint density at radius 1 is 1.45 bits per heavy atom. The highest BCUT2D eigenvalue weighted by Crippen LogP contribution is 2.25. The van der Waals surface area contributed by atoms with Crippen molar-refractivity contribution >= 4 is 5.69 Å². The average molecular weight is 148 g/mol. The zero-order chi connectivity index (χ0) is 7.84. The van der Waals surface area contributed by atoms with Gasteiger partial charge in [-0.3, -0.25) is 4.98 Å². The second kappa shape index (κ2) is 2.22. The van der Waals surface area contributed by atoms with Crippen LogP contribution in [0, 0.1) is 6.92 Å². The Labute approximate surface area is 66.4 Å². The van der Waals surface area contributed by atoms with E-state index < -0.39 is 0 Å². The Balaban J connectivity index is 2.60. The van der Waals surface area contributed by atoms with E-state index in [0.29, 0.717) is 0 Å². The lowest BCUT2D eigenvalue weighted by molar-refractivity contribution is 0.897. The molecule has 0 amide bonds. The van der Waals surface area contributed by atoms with Crippen LogP contribution in [0.2, 0.25) is 0 Å². The lowest BCUT2D eigenvalue weighted by atomic mass is 10.1. The average Bonchev–Trinajstić information content (AvgIpc) is 2.34. The van der Waals surface area contributed by atoms with Gasteiger partial charge in [0, 0.05) is 17.1 Å². The maximum atomic E-state index is 5.83. The van der Waals surface area contributed by atoms with E-state index in [0.717, 1.165) is 24.2 Å². The highest BCUT2D eigenvalue weighted by molar-refractivity contribution is 5.51. The summed E-state index contributed by atoms with van der Waals surface area (Å²) in [4.78, 5) is 4.43. The van der Waals surface area contributed by atoms with Crippen LogP contribution in [0.15, 0.2) is 6.07 Å². The number of hydrogen-bond donors (Lipinski definition) is 1. The summed E-state index contributed by atoms with van der Waals surface area (Å²) in [5.74, 6) is 0. The van der Waals surface area contributed by atoms with Gasteiger partial charge in [0.15, 0.2) is 0 Å². The van der Waals surface area contributed by atoms with Gasteiger partial charge in [0.2, 0.25) is 0 Å². The van der Waals surface area contributed by atoms with E-state index in [4.69, 9.17) is 5.73 Å². The first-order valence-electron chi connectivity index (χ1n) is 4.02. The summed E-state index contributed by atoms with van der Waals surface area (Å²) in [5.41, 5.74) is 10.3. The number of nitrogen functional groups attached to an aromatic ring is 1. The summed E-state index contributed by atoms with van der Waals surface area (Å²) >= 11 is 0. The number of aromatic nitrogens is 1. The molecule has 0 atom stereocenters. The van der Waals surface area contributed by atoms with Gasteiger partial charge in [-0.25, -0.2) is 0 Å². The molecule has 58 valence electrons. The Morgan fingerprint density at radius 2 is 2.27 bits per heavy atom. The summed E-state index contributed by atoms with van der Waals surface area (Å²) in [6.45, 7) is 2.00. The molecule has 0 saturated carbocycles. The molecule has 1 heterocycles. The van der Waals surface area contributed by atoms with Crippen LogP contribution in [0.25, 0.3) is 0 Å². The van der Waals surface area contributed by atoms with Gasteiger partial charge in [-0.05, 0) is 37.8 Å². The Bertz CT molecular complexity index is 292. The van der Waals surface area contributed by atoms with E-state index >= 15 is 0 Å². The number of pyridine rings is 1. The maximum absolute atomic E-state index is 5.83. The molecule has 2 heteroatoms. The van der Waals surface area contributed by atoms with Crippen LogP contribution in [0.3, 0.4) is 0 Å². The van der Waals surface area contributed by atoms with Gasteiger partial charge in [0.05, 0.1) is 0 Å². The van der Waals surface area contributed by atoms with Crippen molar-refractivity contribution < 1.29 is 0 Å². The minimum absolute atomic E-state index is 0.935. The standard InChI is InChI=1S/C9H12N2/c1-6-5-8(10)7-3-2-4-9(7)11-6/h5H,2-4H2,1H3,(H2,10,11). The molecule has 0 bridgehead atoms. The number of fused-ring (bicyclic) bond motifs is 1. The predicted octanol–water partition coefficient (Wildman–Crippen LogP) is 1.46. The number of nitrogens with two attached hydrogens (primary N) is 1. The summed E-state index contributed by atoms with van der Waals surface area (Å²) < 4.78 is 0. The normalized spacial score (nSPS) is 15.0. The van der Waals surface area contributed by atoms with Gasteiger partial charge in [-0.1, -0.05) is 0 Å². The molecular formula is C9H12N2. The molecule has 0 unspecified atom stereocenters. The number of anilines is 1. The van der Waals surface area contributed by atoms with Crippen LogP contribution in [-0.2, 0) is 12.8 Å². The fourth-order valence-corrected chi connectivity index (χ4v) is 1.72. The topological polar surface area (TPSA) is 38.9 Å². The van der Waals surface area contributed by atoms with Gasteiger partial charge < -0.3 is 5.73 Å². The summed E-state index contributed by atoms with van der Waals surface area (Å²) in [5, 5.41) is 0. The van der Waals surface area contributed by atoms with Crippen LogP contribution in [0.4, 0.5) is 5.69 Å². The lowest BCUT2D eigenvalue weighted by Crippen LogP contribution is -1.97. The van der Waals surface area contributed by atoms with Crippen LogP contribution in [0.5, 0.6) is 0 Å². The van der Waals surface area contributed by atoms with Crippen molar-refractivity contribution in [1.82, 2.24) is 4.98 Å². The maximum Gasteiger partial charge on any atom is 0.0459 e. The summed E-state index contributed by atoms with van der Waals surface area (Å²) in [6, 6.07) is 1.96. The van der Waals surface area contributed by atoms with Crippen molar-refractivity contribution in [2.45, 2.75) is 26.2 Å². The van der Waals surface area contributed by atoms with E-state index in [2.05, 4.69) is 4.98 Å². The highest BCUT2D eigenvalue weighted by Gasteiger charge is 2.14. The van der Waals surface area contributed by atoms with Crippen molar-refractivity contribution in [3.8, 4) is 0 Å². The molecule has 0 aliphatic heterocycles. The third-order valence-electron chi connectivity index (χ3n) is 2.21. The second-order valence-electron chi connectivity index (χ2n) is 3.13. The van der Waals surface area contributed by atoms with Crippen molar-refractivity contribution in [3.05, 3.63) is 23.0 Å². The molecule has 2 N–H and O–H groups in total. The minimum atomic E-state index is 0.935. The fraction of sp³-hybridized carbons (Fsp3) is 0.444. The predicted molar refractivity (Wildman–Crippen MR) is 45.4 cm³/mol. The van der Waals surface area contributed by atoms with Gasteiger partial charge in [0.25, 0.3) is 0 Å². The van der Waals surface area contributed by atoms with Gasteiger partial charge in [-0.15, -0.1) is 0 Å². The van der Waals surface area contributed by atoms with Crippen molar-refractivity contribution in [1.29, 1.82) is 0 Å². The van der Waals surface area contributed by atoms with Crippen molar-refractivity contribution in [3.63, 3.8) is 0 Å². The number of nitrogens with zero attached hydrogens (tertiary/aromatic N) is 1. The number of aryl methyl sites for hydroxylation is 2. The van der Waals surface area contributed by atoms with E-state index in [1.165, 1.54) is 17.7 Å². The molecule has 1 aliphatic rings. The lowest BCUT2D eigenvalue weighted by Gasteiger charge is -2.03. The quantitative estimate of drug-likeness (QED) is 0.605. The molecular weight excluding hydrogens is 136 g/mol. The Morgan fingerprint density at radius 3 is 3.09 bits per heavy atom. The van der Waals surface area contributed by atoms with Gasteiger partial charge in [-0.2, -0.15) is 0 Å². The second-order valence-corrected chi connectivity index (χ2v) is 3.13. The molecule has 0 aromatic carbocycles.